The second-order valence-electron chi connectivity index (χ2n) is 6.62. The Hall–Kier alpha value is -2.83. The normalized spacial score (nSPS) is 10.4. The van der Waals surface area contributed by atoms with Crippen molar-refractivity contribution in [3.8, 4) is 17.1 Å². The predicted octanol–water partition coefficient (Wildman–Crippen LogP) is 4.79. The fourth-order valence-electron chi connectivity index (χ4n) is 2.78. The number of thiocarbonyl (C=S) groups is 1. The number of hydrogen-bond acceptors (Lipinski definition) is 4. The van der Waals surface area contributed by atoms with Crippen LogP contribution in [0.25, 0.3) is 11.3 Å². The van der Waals surface area contributed by atoms with Crippen molar-refractivity contribution in [1.29, 1.82) is 0 Å². The molecule has 7 heteroatoms. The van der Waals surface area contributed by atoms with Crippen LogP contribution in [0, 0.1) is 13.8 Å². The van der Waals surface area contributed by atoms with Gasteiger partial charge in [0.2, 0.25) is 0 Å². The van der Waals surface area contributed by atoms with Gasteiger partial charge in [0.15, 0.2) is 11.7 Å². The highest BCUT2D eigenvalue weighted by molar-refractivity contribution is 7.80. The van der Waals surface area contributed by atoms with Crippen LogP contribution >= 0.6 is 23.8 Å². The van der Waals surface area contributed by atoms with E-state index in [9.17, 15) is 4.79 Å². The van der Waals surface area contributed by atoms with Crippen molar-refractivity contribution in [2.75, 3.05) is 6.61 Å². The van der Waals surface area contributed by atoms with E-state index in [4.69, 9.17) is 33.0 Å². The minimum Gasteiger partial charge on any atom is -0.484 e. The molecule has 0 aliphatic carbocycles. The Morgan fingerprint density at radius 2 is 1.76 bits per heavy atom. The van der Waals surface area contributed by atoms with Crippen LogP contribution in [0.15, 0.2) is 59.0 Å². The zero-order valence-corrected chi connectivity index (χ0v) is 17.7. The first kappa shape index (κ1) is 20.9. The van der Waals surface area contributed by atoms with Crippen molar-refractivity contribution in [2.45, 2.75) is 20.4 Å². The molecule has 2 N–H and O–H groups in total. The van der Waals surface area contributed by atoms with E-state index >= 15 is 0 Å². The molecule has 29 heavy (non-hydrogen) atoms. The first-order valence-corrected chi connectivity index (χ1v) is 9.81. The van der Waals surface area contributed by atoms with E-state index in [1.165, 1.54) is 0 Å². The molecule has 1 aromatic heterocycles. The molecule has 150 valence electrons. The number of aryl methyl sites for hydroxylation is 2. The highest BCUT2D eigenvalue weighted by Gasteiger charge is 2.08. The van der Waals surface area contributed by atoms with Gasteiger partial charge in [-0.3, -0.25) is 4.79 Å². The molecule has 2 aromatic carbocycles. The van der Waals surface area contributed by atoms with Gasteiger partial charge in [0.1, 0.15) is 17.3 Å². The van der Waals surface area contributed by atoms with Crippen LogP contribution in [-0.2, 0) is 11.3 Å². The number of carbonyl (C=O) groups excluding carboxylic acids is 1. The summed E-state index contributed by atoms with van der Waals surface area (Å²) in [7, 11) is 0. The molecule has 3 aromatic rings. The van der Waals surface area contributed by atoms with Gasteiger partial charge in [-0.15, -0.1) is 0 Å². The molecule has 3 rings (SSSR count). The summed E-state index contributed by atoms with van der Waals surface area (Å²) in [5.74, 6) is 1.75. The Balaban J connectivity index is 1.45. The number of amides is 1. The summed E-state index contributed by atoms with van der Waals surface area (Å²) >= 11 is 11.1. The highest BCUT2D eigenvalue weighted by atomic mass is 35.5. The number of ether oxygens (including phenoxy) is 1. The number of benzene rings is 2. The number of halogens is 1. The fourth-order valence-corrected chi connectivity index (χ4v) is 3.09. The maximum absolute atomic E-state index is 12.0. The second-order valence-corrected chi connectivity index (χ2v) is 7.46. The Morgan fingerprint density at radius 3 is 2.45 bits per heavy atom. The average molecular weight is 429 g/mol. The number of nitrogens with one attached hydrogen (secondary N) is 2. The molecular weight excluding hydrogens is 408 g/mol. The van der Waals surface area contributed by atoms with E-state index in [0.717, 1.165) is 22.5 Å². The topological polar surface area (TPSA) is 63.5 Å². The molecule has 5 nitrogen and oxygen atoms in total. The van der Waals surface area contributed by atoms with Crippen LogP contribution in [-0.4, -0.2) is 17.6 Å². The van der Waals surface area contributed by atoms with Crippen molar-refractivity contribution in [2.24, 2.45) is 0 Å². The van der Waals surface area contributed by atoms with Crippen molar-refractivity contribution in [3.05, 3.63) is 76.5 Å². The maximum atomic E-state index is 12.0. The summed E-state index contributed by atoms with van der Waals surface area (Å²) < 4.78 is 11.3. The van der Waals surface area contributed by atoms with Crippen LogP contribution in [0.3, 0.4) is 0 Å². The molecule has 0 fully saturated rings. The molecule has 0 atom stereocenters. The molecule has 0 radical (unpaired) electrons. The first-order chi connectivity index (χ1) is 13.9. The number of carbonyl (C=O) groups is 1. The molecule has 0 aliphatic rings. The van der Waals surface area contributed by atoms with E-state index < -0.39 is 0 Å². The molecular formula is C22H21ClN2O3S. The first-order valence-electron chi connectivity index (χ1n) is 9.02. The molecule has 0 aliphatic heterocycles. The van der Waals surface area contributed by atoms with Gasteiger partial charge in [-0.25, -0.2) is 0 Å². The molecule has 0 saturated heterocycles. The maximum Gasteiger partial charge on any atom is 0.264 e. The number of hydrogen-bond donors (Lipinski definition) is 2. The standard InChI is InChI=1S/C22H21ClN2O3S/c1-14-9-15(2)11-19(10-14)27-13-21(26)25-22(29)24-12-18-7-8-20(28-18)16-3-5-17(23)6-4-16/h3-11H,12-13H2,1-2H3,(H2,24,25,26,29). The van der Waals surface area contributed by atoms with Gasteiger partial charge in [0, 0.05) is 10.6 Å². The minimum atomic E-state index is -0.331. The predicted molar refractivity (Wildman–Crippen MR) is 118 cm³/mol. The zero-order valence-electron chi connectivity index (χ0n) is 16.1. The molecule has 1 amide bonds. The Morgan fingerprint density at radius 1 is 1.07 bits per heavy atom. The largest absolute Gasteiger partial charge is 0.484 e. The van der Waals surface area contributed by atoms with Gasteiger partial charge in [-0.2, -0.15) is 0 Å². The highest BCUT2D eigenvalue weighted by Crippen LogP contribution is 2.23. The van der Waals surface area contributed by atoms with Crippen molar-refractivity contribution < 1.29 is 13.9 Å². The molecule has 1 heterocycles. The van der Waals surface area contributed by atoms with Crippen LogP contribution in [0.4, 0.5) is 0 Å². The quantitative estimate of drug-likeness (QED) is 0.553. The van der Waals surface area contributed by atoms with Crippen LogP contribution in [0.5, 0.6) is 5.75 Å². The zero-order chi connectivity index (χ0) is 20.8. The van der Waals surface area contributed by atoms with Crippen LogP contribution < -0.4 is 15.4 Å². The summed E-state index contributed by atoms with van der Waals surface area (Å²) in [6, 6.07) is 16.9. The number of furan rings is 1. The van der Waals surface area contributed by atoms with E-state index in [2.05, 4.69) is 10.6 Å². The van der Waals surface area contributed by atoms with Gasteiger partial charge in [-0.1, -0.05) is 17.7 Å². The number of rotatable bonds is 6. The van der Waals surface area contributed by atoms with Crippen molar-refractivity contribution in [1.82, 2.24) is 10.6 Å². The third-order valence-electron chi connectivity index (χ3n) is 4.03. The van der Waals surface area contributed by atoms with Gasteiger partial charge in [-0.05, 0) is 85.7 Å². The van der Waals surface area contributed by atoms with E-state index in [1.807, 2.05) is 68.4 Å². The lowest BCUT2D eigenvalue weighted by Gasteiger charge is -2.10. The van der Waals surface area contributed by atoms with E-state index in [1.54, 1.807) is 0 Å². The van der Waals surface area contributed by atoms with Gasteiger partial charge in [0.25, 0.3) is 5.91 Å². The van der Waals surface area contributed by atoms with Crippen molar-refractivity contribution in [3.63, 3.8) is 0 Å². The molecule has 0 unspecified atom stereocenters. The lowest BCUT2D eigenvalue weighted by Crippen LogP contribution is -2.41. The average Bonchev–Trinajstić information content (AvgIpc) is 3.14. The summed E-state index contributed by atoms with van der Waals surface area (Å²) in [4.78, 5) is 12.0. The minimum absolute atomic E-state index is 0.119. The SMILES string of the molecule is Cc1cc(C)cc(OCC(=O)NC(=S)NCc2ccc(-c3ccc(Cl)cc3)o2)c1. The lowest BCUT2D eigenvalue weighted by atomic mass is 10.1. The van der Waals surface area contributed by atoms with Crippen LogP contribution in [0.1, 0.15) is 16.9 Å². The monoisotopic (exact) mass is 428 g/mol. The van der Waals surface area contributed by atoms with Gasteiger partial charge < -0.3 is 19.8 Å². The third kappa shape index (κ3) is 6.34. The summed E-state index contributed by atoms with van der Waals surface area (Å²) in [6.45, 7) is 4.19. The van der Waals surface area contributed by atoms with Crippen LogP contribution in [0.2, 0.25) is 5.02 Å². The Bertz CT molecular complexity index is 995. The summed E-state index contributed by atoms with van der Waals surface area (Å²) in [5.41, 5.74) is 3.09. The smallest absolute Gasteiger partial charge is 0.264 e. The third-order valence-corrected chi connectivity index (χ3v) is 4.53. The lowest BCUT2D eigenvalue weighted by molar-refractivity contribution is -0.121. The molecule has 0 spiro atoms. The summed E-state index contributed by atoms with van der Waals surface area (Å²) in [5, 5.41) is 6.43. The molecule has 0 saturated carbocycles. The Labute approximate surface area is 180 Å². The van der Waals surface area contributed by atoms with E-state index in [-0.39, 0.29) is 17.6 Å². The molecule has 0 bridgehead atoms. The second kappa shape index (κ2) is 9.58. The van der Waals surface area contributed by atoms with Gasteiger partial charge in [0.05, 0.1) is 6.54 Å². The summed E-state index contributed by atoms with van der Waals surface area (Å²) in [6.07, 6.45) is 0. The van der Waals surface area contributed by atoms with Gasteiger partial charge >= 0.3 is 0 Å². The van der Waals surface area contributed by atoms with Crippen molar-refractivity contribution >= 4 is 34.8 Å². The van der Waals surface area contributed by atoms with E-state index in [0.29, 0.717) is 23.1 Å². The Kier molecular flexibility index (Phi) is 6.90. The fraction of sp³-hybridized carbons (Fsp3) is 0.182.